The molecule has 0 fully saturated rings. The van der Waals surface area contributed by atoms with Crippen LogP contribution in [0.15, 0.2) is 24.3 Å². The lowest BCUT2D eigenvalue weighted by Gasteiger charge is -2.05. The molecule has 1 rings (SSSR count). The van der Waals surface area contributed by atoms with Gasteiger partial charge in [-0.05, 0) is 18.6 Å². The summed E-state index contributed by atoms with van der Waals surface area (Å²) in [6, 6.07) is 7.00. The second-order valence-corrected chi connectivity index (χ2v) is 3.12. The summed E-state index contributed by atoms with van der Waals surface area (Å²) >= 11 is 0. The highest BCUT2D eigenvalue weighted by atomic mass is 16.5. The van der Waals surface area contributed by atoms with E-state index in [1.807, 2.05) is 6.92 Å². The number of hydrogen-bond acceptors (Lipinski definition) is 3. The van der Waals surface area contributed by atoms with E-state index >= 15 is 0 Å². The van der Waals surface area contributed by atoms with Crippen molar-refractivity contribution in [2.75, 3.05) is 5.73 Å². The van der Waals surface area contributed by atoms with Crippen LogP contribution in [-0.2, 0) is 4.79 Å². The molecule has 76 valence electrons. The summed E-state index contributed by atoms with van der Waals surface area (Å²) in [6.45, 7) is 2.03. The molecule has 0 heterocycles. The van der Waals surface area contributed by atoms with Crippen molar-refractivity contribution in [2.45, 2.75) is 26.2 Å². The van der Waals surface area contributed by atoms with Crippen LogP contribution in [0.4, 0.5) is 5.69 Å². The Labute approximate surface area is 83.9 Å². The van der Waals surface area contributed by atoms with Gasteiger partial charge in [-0.1, -0.05) is 25.5 Å². The van der Waals surface area contributed by atoms with Gasteiger partial charge in [-0.3, -0.25) is 4.79 Å². The lowest BCUT2D eigenvalue weighted by atomic mass is 10.2. The predicted molar refractivity (Wildman–Crippen MR) is 56.0 cm³/mol. The summed E-state index contributed by atoms with van der Waals surface area (Å²) in [5.41, 5.74) is 6.12. The summed E-state index contributed by atoms with van der Waals surface area (Å²) in [7, 11) is 0. The smallest absolute Gasteiger partial charge is 0.311 e. The Morgan fingerprint density at radius 1 is 1.43 bits per heavy atom. The molecule has 0 saturated carbocycles. The number of carbonyl (C=O) groups excluding carboxylic acids is 1. The maximum absolute atomic E-state index is 11.2. The van der Waals surface area contributed by atoms with Crippen molar-refractivity contribution in [1.29, 1.82) is 0 Å². The number of nitrogens with two attached hydrogens (primary N) is 1. The number of para-hydroxylation sites is 2. The number of carbonyl (C=O) groups is 1. The summed E-state index contributed by atoms with van der Waals surface area (Å²) in [5.74, 6) is 0.235. The number of anilines is 1. The minimum atomic E-state index is -0.218. The van der Waals surface area contributed by atoms with E-state index in [4.69, 9.17) is 10.5 Å². The van der Waals surface area contributed by atoms with Gasteiger partial charge < -0.3 is 10.5 Å². The predicted octanol–water partition coefficient (Wildman–Crippen LogP) is 2.36. The topological polar surface area (TPSA) is 52.3 Å². The highest BCUT2D eigenvalue weighted by molar-refractivity contribution is 5.74. The Balaban J connectivity index is 2.52. The first kappa shape index (κ1) is 10.6. The van der Waals surface area contributed by atoms with Gasteiger partial charge in [0.05, 0.1) is 5.69 Å². The Hall–Kier alpha value is -1.51. The maximum Gasteiger partial charge on any atom is 0.311 e. The molecule has 3 nitrogen and oxygen atoms in total. The largest absolute Gasteiger partial charge is 0.424 e. The van der Waals surface area contributed by atoms with Crippen molar-refractivity contribution in [3.05, 3.63) is 24.3 Å². The Morgan fingerprint density at radius 2 is 2.14 bits per heavy atom. The van der Waals surface area contributed by atoms with Gasteiger partial charge in [-0.2, -0.15) is 0 Å². The normalized spacial score (nSPS) is 9.79. The SMILES string of the molecule is CCCCC(=O)Oc1ccccc1N. The average molecular weight is 193 g/mol. The second-order valence-electron chi connectivity index (χ2n) is 3.12. The van der Waals surface area contributed by atoms with Crippen molar-refractivity contribution >= 4 is 11.7 Å². The van der Waals surface area contributed by atoms with Crippen LogP contribution < -0.4 is 10.5 Å². The van der Waals surface area contributed by atoms with Crippen molar-refractivity contribution in [2.24, 2.45) is 0 Å². The molecule has 0 aliphatic carbocycles. The first-order valence-electron chi connectivity index (χ1n) is 4.79. The fourth-order valence-electron chi connectivity index (χ4n) is 1.07. The molecular formula is C11H15NO2. The zero-order valence-corrected chi connectivity index (χ0v) is 8.32. The molecular weight excluding hydrogens is 178 g/mol. The first-order chi connectivity index (χ1) is 6.74. The molecule has 0 aliphatic heterocycles. The molecule has 1 aromatic rings. The van der Waals surface area contributed by atoms with Crippen LogP contribution in [0, 0.1) is 0 Å². The van der Waals surface area contributed by atoms with E-state index in [2.05, 4.69) is 0 Å². The zero-order chi connectivity index (χ0) is 10.4. The van der Waals surface area contributed by atoms with E-state index in [0.717, 1.165) is 12.8 Å². The van der Waals surface area contributed by atoms with Gasteiger partial charge in [0, 0.05) is 6.42 Å². The molecule has 3 heteroatoms. The monoisotopic (exact) mass is 193 g/mol. The van der Waals surface area contributed by atoms with Gasteiger partial charge in [0.1, 0.15) is 0 Å². The zero-order valence-electron chi connectivity index (χ0n) is 8.32. The standard InChI is InChI=1S/C11H15NO2/c1-2-3-8-11(13)14-10-7-5-4-6-9(10)12/h4-7H,2-3,8,12H2,1H3. The van der Waals surface area contributed by atoms with E-state index in [1.165, 1.54) is 0 Å². The molecule has 14 heavy (non-hydrogen) atoms. The van der Waals surface area contributed by atoms with Crippen LogP contribution in [0.25, 0.3) is 0 Å². The van der Waals surface area contributed by atoms with Crippen molar-refractivity contribution < 1.29 is 9.53 Å². The van der Waals surface area contributed by atoms with Crippen LogP contribution in [0.1, 0.15) is 26.2 Å². The van der Waals surface area contributed by atoms with Gasteiger partial charge in [0.15, 0.2) is 5.75 Å². The van der Waals surface area contributed by atoms with Crippen LogP contribution in [0.5, 0.6) is 5.75 Å². The quantitative estimate of drug-likeness (QED) is 0.453. The Kier molecular flexibility index (Phi) is 3.98. The summed E-state index contributed by atoms with van der Waals surface area (Å²) < 4.78 is 5.08. The molecule has 0 saturated heterocycles. The van der Waals surface area contributed by atoms with E-state index in [0.29, 0.717) is 17.9 Å². The molecule has 0 bridgehead atoms. The summed E-state index contributed by atoms with van der Waals surface area (Å²) in [5, 5.41) is 0. The van der Waals surface area contributed by atoms with E-state index in [9.17, 15) is 4.79 Å². The Morgan fingerprint density at radius 3 is 2.79 bits per heavy atom. The molecule has 0 aromatic heterocycles. The van der Waals surface area contributed by atoms with Gasteiger partial charge in [0.25, 0.3) is 0 Å². The highest BCUT2D eigenvalue weighted by Gasteiger charge is 2.05. The molecule has 0 spiro atoms. The molecule has 0 radical (unpaired) electrons. The number of ether oxygens (including phenoxy) is 1. The van der Waals surface area contributed by atoms with Gasteiger partial charge in [-0.15, -0.1) is 0 Å². The molecule has 2 N–H and O–H groups in total. The fraction of sp³-hybridized carbons (Fsp3) is 0.364. The average Bonchev–Trinajstić information content (AvgIpc) is 2.18. The van der Waals surface area contributed by atoms with Crippen molar-refractivity contribution in [3.8, 4) is 5.75 Å². The second kappa shape index (κ2) is 5.27. The van der Waals surface area contributed by atoms with Gasteiger partial charge in [0.2, 0.25) is 0 Å². The number of nitrogen functional groups attached to an aromatic ring is 1. The Bertz CT molecular complexity index is 310. The summed E-state index contributed by atoms with van der Waals surface area (Å²) in [6.07, 6.45) is 2.29. The summed E-state index contributed by atoms with van der Waals surface area (Å²) in [4.78, 5) is 11.2. The van der Waals surface area contributed by atoms with E-state index in [-0.39, 0.29) is 5.97 Å². The van der Waals surface area contributed by atoms with Crippen LogP contribution in [-0.4, -0.2) is 5.97 Å². The third-order valence-electron chi connectivity index (χ3n) is 1.88. The third-order valence-corrected chi connectivity index (χ3v) is 1.88. The highest BCUT2D eigenvalue weighted by Crippen LogP contribution is 2.20. The van der Waals surface area contributed by atoms with Crippen molar-refractivity contribution in [3.63, 3.8) is 0 Å². The third kappa shape index (κ3) is 3.09. The molecule has 0 amide bonds. The van der Waals surface area contributed by atoms with E-state index < -0.39 is 0 Å². The van der Waals surface area contributed by atoms with Crippen molar-refractivity contribution in [1.82, 2.24) is 0 Å². The van der Waals surface area contributed by atoms with Crippen LogP contribution in [0.3, 0.4) is 0 Å². The molecule has 1 aromatic carbocycles. The maximum atomic E-state index is 11.2. The molecule has 0 unspecified atom stereocenters. The number of rotatable bonds is 4. The number of benzene rings is 1. The first-order valence-corrected chi connectivity index (χ1v) is 4.79. The molecule has 0 aliphatic rings. The molecule has 0 atom stereocenters. The number of esters is 1. The minimum Gasteiger partial charge on any atom is -0.424 e. The van der Waals surface area contributed by atoms with Gasteiger partial charge >= 0.3 is 5.97 Å². The number of unbranched alkanes of at least 4 members (excludes halogenated alkanes) is 1. The minimum absolute atomic E-state index is 0.218. The van der Waals surface area contributed by atoms with Crippen LogP contribution >= 0.6 is 0 Å². The van der Waals surface area contributed by atoms with E-state index in [1.54, 1.807) is 24.3 Å². The van der Waals surface area contributed by atoms with Gasteiger partial charge in [-0.25, -0.2) is 0 Å². The van der Waals surface area contributed by atoms with Crippen LogP contribution in [0.2, 0.25) is 0 Å². The lowest BCUT2D eigenvalue weighted by molar-refractivity contribution is -0.134. The fourth-order valence-corrected chi connectivity index (χ4v) is 1.07. The lowest BCUT2D eigenvalue weighted by Crippen LogP contribution is -2.08. The number of hydrogen-bond donors (Lipinski definition) is 1.